The largest absolute Gasteiger partial charge is 0.457 e. The van der Waals surface area contributed by atoms with Crippen LogP contribution in [-0.4, -0.2) is 23.1 Å². The summed E-state index contributed by atoms with van der Waals surface area (Å²) in [6.45, 7) is 4.17. The predicted octanol–water partition coefficient (Wildman–Crippen LogP) is 1.91. The maximum absolute atomic E-state index is 11.8. The van der Waals surface area contributed by atoms with Gasteiger partial charge in [-0.05, 0) is 26.8 Å². The summed E-state index contributed by atoms with van der Waals surface area (Å²) in [5, 5.41) is 0. The molecular weight excluding hydrogens is 236 g/mol. The molecule has 0 aliphatic carbocycles. The lowest BCUT2D eigenvalue weighted by Crippen LogP contribution is -2.11. The van der Waals surface area contributed by atoms with Crippen LogP contribution in [0.3, 0.4) is 0 Å². The van der Waals surface area contributed by atoms with Crippen molar-refractivity contribution in [1.82, 2.24) is 0 Å². The Bertz CT molecular complexity index is 476. The van der Waals surface area contributed by atoms with E-state index >= 15 is 0 Å². The maximum Gasteiger partial charge on any atom is 0.206 e. The van der Waals surface area contributed by atoms with E-state index in [1.807, 2.05) is 0 Å². The van der Waals surface area contributed by atoms with Crippen LogP contribution < -0.4 is 0 Å². The summed E-state index contributed by atoms with van der Waals surface area (Å²) in [5.74, 6) is -1.33. The van der Waals surface area contributed by atoms with Crippen LogP contribution in [0.15, 0.2) is 10.5 Å². The summed E-state index contributed by atoms with van der Waals surface area (Å²) in [6, 6.07) is 1.42. The monoisotopic (exact) mass is 250 g/mol. The average molecular weight is 250 g/mol. The summed E-state index contributed by atoms with van der Waals surface area (Å²) < 4.78 is 5.15. The van der Waals surface area contributed by atoms with Crippen LogP contribution in [0.1, 0.15) is 53.4 Å². The van der Waals surface area contributed by atoms with Gasteiger partial charge in [0.25, 0.3) is 0 Å². The Kier molecular flexibility index (Phi) is 4.31. The van der Waals surface area contributed by atoms with Gasteiger partial charge in [-0.1, -0.05) is 0 Å². The smallest absolute Gasteiger partial charge is 0.206 e. The molecule has 0 bridgehead atoms. The first-order valence-corrected chi connectivity index (χ1v) is 5.47. The van der Waals surface area contributed by atoms with Crippen molar-refractivity contribution in [2.75, 3.05) is 0 Å². The second kappa shape index (κ2) is 5.53. The molecule has 0 saturated heterocycles. The van der Waals surface area contributed by atoms with Crippen molar-refractivity contribution in [3.63, 3.8) is 0 Å². The number of ketones is 4. The van der Waals surface area contributed by atoms with Gasteiger partial charge in [0, 0.05) is 0 Å². The van der Waals surface area contributed by atoms with E-state index in [4.69, 9.17) is 4.42 Å². The Morgan fingerprint density at radius 2 is 1.50 bits per heavy atom. The molecule has 0 amide bonds. The van der Waals surface area contributed by atoms with Gasteiger partial charge in [-0.25, -0.2) is 0 Å². The van der Waals surface area contributed by atoms with Crippen molar-refractivity contribution in [1.29, 1.82) is 0 Å². The highest BCUT2D eigenvalue weighted by atomic mass is 16.3. The van der Waals surface area contributed by atoms with E-state index in [1.165, 1.54) is 19.9 Å². The van der Waals surface area contributed by atoms with Gasteiger partial charge in [-0.3, -0.25) is 19.2 Å². The number of Topliss-reactive ketones (excluding diaryl/α,β-unsaturated/α-hetero) is 4. The first-order valence-electron chi connectivity index (χ1n) is 5.47. The SMILES string of the molecule is CC(=O)CC(=O)c1cc(C)oc1C(=O)CC(C)=O. The molecule has 0 radical (unpaired) electrons. The summed E-state index contributed by atoms with van der Waals surface area (Å²) in [7, 11) is 0. The molecule has 0 unspecified atom stereocenters. The van der Waals surface area contributed by atoms with Gasteiger partial charge in [0.2, 0.25) is 5.78 Å². The Morgan fingerprint density at radius 3 is 2.00 bits per heavy atom. The molecular formula is C13H14O5. The Hall–Kier alpha value is -2.04. The van der Waals surface area contributed by atoms with Crippen molar-refractivity contribution < 1.29 is 23.6 Å². The van der Waals surface area contributed by atoms with Gasteiger partial charge in [0.15, 0.2) is 11.5 Å². The second-order valence-electron chi connectivity index (χ2n) is 4.20. The van der Waals surface area contributed by atoms with E-state index in [0.29, 0.717) is 5.76 Å². The zero-order valence-electron chi connectivity index (χ0n) is 10.5. The van der Waals surface area contributed by atoms with E-state index in [0.717, 1.165) is 0 Å². The molecule has 96 valence electrons. The molecule has 0 N–H and O–H groups in total. The molecule has 0 aliphatic rings. The average Bonchev–Trinajstić information content (AvgIpc) is 2.58. The van der Waals surface area contributed by atoms with E-state index in [-0.39, 0.29) is 35.7 Å². The third-order valence-electron chi connectivity index (χ3n) is 2.23. The number of aryl methyl sites for hydroxylation is 1. The van der Waals surface area contributed by atoms with Crippen LogP contribution in [0.4, 0.5) is 0 Å². The lowest BCUT2D eigenvalue weighted by Gasteiger charge is -1.98. The molecule has 5 nitrogen and oxygen atoms in total. The molecule has 0 aromatic carbocycles. The molecule has 18 heavy (non-hydrogen) atoms. The third-order valence-corrected chi connectivity index (χ3v) is 2.23. The molecule has 0 spiro atoms. The van der Waals surface area contributed by atoms with Crippen molar-refractivity contribution in [3.8, 4) is 0 Å². The summed E-state index contributed by atoms with van der Waals surface area (Å²) in [6.07, 6.45) is -0.591. The minimum Gasteiger partial charge on any atom is -0.457 e. The van der Waals surface area contributed by atoms with Crippen molar-refractivity contribution in [2.24, 2.45) is 0 Å². The number of carbonyl (C=O) groups excluding carboxylic acids is 4. The van der Waals surface area contributed by atoms with Gasteiger partial charge in [0.05, 0.1) is 18.4 Å². The van der Waals surface area contributed by atoms with Gasteiger partial charge >= 0.3 is 0 Å². The van der Waals surface area contributed by atoms with Gasteiger partial charge in [-0.15, -0.1) is 0 Å². The second-order valence-corrected chi connectivity index (χ2v) is 4.20. The van der Waals surface area contributed by atoms with Crippen LogP contribution in [0, 0.1) is 6.92 Å². The fourth-order valence-electron chi connectivity index (χ4n) is 1.56. The van der Waals surface area contributed by atoms with Crippen LogP contribution in [0.2, 0.25) is 0 Å². The maximum atomic E-state index is 11.8. The highest BCUT2D eigenvalue weighted by molar-refractivity contribution is 6.15. The number of carbonyl (C=O) groups is 4. The molecule has 1 heterocycles. The summed E-state index contributed by atoms with van der Waals surface area (Å²) >= 11 is 0. The molecule has 0 aliphatic heterocycles. The molecule has 0 saturated carbocycles. The summed E-state index contributed by atoms with van der Waals surface area (Å²) in [5.41, 5.74) is 0.0777. The Balaban J connectivity index is 3.06. The van der Waals surface area contributed by atoms with Gasteiger partial charge < -0.3 is 4.42 Å². The topological polar surface area (TPSA) is 81.4 Å². The molecule has 5 heteroatoms. The van der Waals surface area contributed by atoms with E-state index in [1.54, 1.807) is 6.92 Å². The van der Waals surface area contributed by atoms with E-state index < -0.39 is 11.6 Å². The van der Waals surface area contributed by atoms with Gasteiger partial charge in [0.1, 0.15) is 17.3 Å². The lowest BCUT2D eigenvalue weighted by molar-refractivity contribution is -0.117. The quantitative estimate of drug-likeness (QED) is 0.569. The first kappa shape index (κ1) is 14.0. The zero-order chi connectivity index (χ0) is 13.9. The standard InChI is InChI=1S/C13H14O5/c1-7(14)4-11(16)10-6-9(3)18-13(10)12(17)5-8(2)15/h6H,4-5H2,1-3H3. The Morgan fingerprint density at radius 1 is 1.00 bits per heavy atom. The number of rotatable bonds is 6. The normalized spacial score (nSPS) is 10.2. The fourth-order valence-corrected chi connectivity index (χ4v) is 1.56. The third kappa shape index (κ3) is 3.48. The molecule has 1 aromatic heterocycles. The fraction of sp³-hybridized carbons (Fsp3) is 0.385. The van der Waals surface area contributed by atoms with Crippen LogP contribution >= 0.6 is 0 Å². The number of hydrogen-bond donors (Lipinski definition) is 0. The van der Waals surface area contributed by atoms with Gasteiger partial charge in [-0.2, -0.15) is 0 Å². The van der Waals surface area contributed by atoms with E-state index in [2.05, 4.69) is 0 Å². The van der Waals surface area contributed by atoms with Crippen molar-refractivity contribution in [3.05, 3.63) is 23.2 Å². The summed E-state index contributed by atoms with van der Waals surface area (Å²) in [4.78, 5) is 45.3. The minimum absolute atomic E-state index is 0.0777. The molecule has 0 atom stereocenters. The highest BCUT2D eigenvalue weighted by Gasteiger charge is 2.23. The van der Waals surface area contributed by atoms with E-state index in [9.17, 15) is 19.2 Å². The number of furan rings is 1. The molecule has 1 rings (SSSR count). The zero-order valence-corrected chi connectivity index (χ0v) is 10.5. The van der Waals surface area contributed by atoms with Crippen molar-refractivity contribution in [2.45, 2.75) is 33.6 Å². The van der Waals surface area contributed by atoms with Crippen LogP contribution in [-0.2, 0) is 9.59 Å². The minimum atomic E-state index is -0.539. The Labute approximate surface area is 104 Å². The molecule has 1 aromatic rings. The first-order chi connectivity index (χ1) is 8.31. The predicted molar refractivity (Wildman–Crippen MR) is 62.7 cm³/mol. The van der Waals surface area contributed by atoms with Crippen LogP contribution in [0.25, 0.3) is 0 Å². The van der Waals surface area contributed by atoms with Crippen LogP contribution in [0.5, 0.6) is 0 Å². The highest BCUT2D eigenvalue weighted by Crippen LogP contribution is 2.19. The molecule has 0 fully saturated rings. The van der Waals surface area contributed by atoms with Crippen molar-refractivity contribution >= 4 is 23.1 Å². The lowest BCUT2D eigenvalue weighted by atomic mass is 10.0. The number of hydrogen-bond acceptors (Lipinski definition) is 5.